The van der Waals surface area contributed by atoms with E-state index in [0.29, 0.717) is 36.5 Å². The van der Waals surface area contributed by atoms with Crippen molar-refractivity contribution in [1.29, 1.82) is 0 Å². The monoisotopic (exact) mass is 314 g/mol. The van der Waals surface area contributed by atoms with Crippen LogP contribution in [0.5, 0.6) is 0 Å². The lowest BCUT2D eigenvalue weighted by atomic mass is 10.1. The van der Waals surface area contributed by atoms with Gasteiger partial charge < -0.3 is 5.32 Å². The number of hydrogen-bond acceptors (Lipinski definition) is 4. The van der Waals surface area contributed by atoms with Crippen molar-refractivity contribution in [3.63, 3.8) is 0 Å². The molecule has 2 heterocycles. The second-order valence-corrected chi connectivity index (χ2v) is 7.91. The van der Waals surface area contributed by atoms with Gasteiger partial charge in [0, 0.05) is 31.9 Å². The maximum Gasteiger partial charge on any atom is 0.246 e. The molecule has 0 saturated carbocycles. The van der Waals surface area contributed by atoms with E-state index in [1.165, 1.54) is 6.20 Å². The van der Waals surface area contributed by atoms with Crippen LogP contribution in [0.25, 0.3) is 0 Å². The Hall–Kier alpha value is -0.920. The smallest absolute Gasteiger partial charge is 0.246 e. The van der Waals surface area contributed by atoms with E-state index < -0.39 is 10.0 Å². The van der Waals surface area contributed by atoms with Crippen LogP contribution in [-0.2, 0) is 16.6 Å². The van der Waals surface area contributed by atoms with E-state index in [-0.39, 0.29) is 0 Å². The standard InChI is InChI=1S/C14H26N4O2S/c1-4-13-5-7-18(10-13)21(19,20)14-9-16-17(11-14)8-6-15-12(2)3/h9,11-13,15H,4-8,10H2,1-3H3. The summed E-state index contributed by atoms with van der Waals surface area (Å²) in [6, 6.07) is 0.416. The van der Waals surface area contributed by atoms with Gasteiger partial charge >= 0.3 is 0 Å². The van der Waals surface area contributed by atoms with Crippen molar-refractivity contribution in [1.82, 2.24) is 19.4 Å². The highest BCUT2D eigenvalue weighted by molar-refractivity contribution is 7.89. The minimum atomic E-state index is -3.37. The summed E-state index contributed by atoms with van der Waals surface area (Å²) >= 11 is 0. The van der Waals surface area contributed by atoms with Crippen LogP contribution in [0.15, 0.2) is 17.3 Å². The summed E-state index contributed by atoms with van der Waals surface area (Å²) < 4.78 is 28.4. The predicted octanol–water partition coefficient (Wildman–Crippen LogP) is 1.30. The van der Waals surface area contributed by atoms with Crippen LogP contribution in [0, 0.1) is 5.92 Å². The lowest BCUT2D eigenvalue weighted by Crippen LogP contribution is -2.28. The highest BCUT2D eigenvalue weighted by Gasteiger charge is 2.32. The van der Waals surface area contributed by atoms with Crippen molar-refractivity contribution >= 4 is 10.0 Å². The molecule has 7 heteroatoms. The van der Waals surface area contributed by atoms with Crippen molar-refractivity contribution < 1.29 is 8.42 Å². The largest absolute Gasteiger partial charge is 0.313 e. The molecule has 0 radical (unpaired) electrons. The lowest BCUT2D eigenvalue weighted by Gasteiger charge is -2.14. The Labute approximate surface area is 127 Å². The number of sulfonamides is 1. The minimum absolute atomic E-state index is 0.309. The number of rotatable bonds is 7. The van der Waals surface area contributed by atoms with E-state index in [0.717, 1.165) is 19.4 Å². The Morgan fingerprint density at radius 3 is 2.86 bits per heavy atom. The number of hydrogen-bond donors (Lipinski definition) is 1. The van der Waals surface area contributed by atoms with Crippen molar-refractivity contribution in [2.75, 3.05) is 19.6 Å². The van der Waals surface area contributed by atoms with Crippen molar-refractivity contribution in [2.45, 2.75) is 51.1 Å². The first kappa shape index (κ1) is 16.5. The Kier molecular flexibility index (Phi) is 5.40. The van der Waals surface area contributed by atoms with Gasteiger partial charge in [0.2, 0.25) is 10.0 Å². The van der Waals surface area contributed by atoms with Gasteiger partial charge in [-0.05, 0) is 12.3 Å². The molecule has 1 fully saturated rings. The molecule has 1 saturated heterocycles. The van der Waals surface area contributed by atoms with Gasteiger partial charge in [-0.25, -0.2) is 8.42 Å². The fourth-order valence-corrected chi connectivity index (χ4v) is 4.05. The van der Waals surface area contributed by atoms with E-state index in [1.807, 2.05) is 0 Å². The first-order valence-electron chi connectivity index (χ1n) is 7.69. The van der Waals surface area contributed by atoms with E-state index >= 15 is 0 Å². The molecule has 21 heavy (non-hydrogen) atoms. The Balaban J connectivity index is 1.99. The van der Waals surface area contributed by atoms with Crippen molar-refractivity contribution in [3.05, 3.63) is 12.4 Å². The highest BCUT2D eigenvalue weighted by Crippen LogP contribution is 2.25. The summed E-state index contributed by atoms with van der Waals surface area (Å²) in [4.78, 5) is 0.309. The molecular formula is C14H26N4O2S. The van der Waals surface area contributed by atoms with Crippen LogP contribution in [-0.4, -0.2) is 48.2 Å². The third-order valence-electron chi connectivity index (χ3n) is 3.97. The molecule has 1 aromatic heterocycles. The summed E-state index contributed by atoms with van der Waals surface area (Å²) in [6.45, 7) is 8.99. The van der Waals surface area contributed by atoms with Gasteiger partial charge in [-0.15, -0.1) is 0 Å². The summed E-state index contributed by atoms with van der Waals surface area (Å²) in [6.07, 6.45) is 5.09. The first-order chi connectivity index (χ1) is 9.93. The molecule has 0 aliphatic carbocycles. The average molecular weight is 314 g/mol. The molecule has 1 aliphatic rings. The first-order valence-corrected chi connectivity index (χ1v) is 9.13. The Morgan fingerprint density at radius 1 is 1.48 bits per heavy atom. The maximum atomic E-state index is 12.5. The molecule has 1 atom stereocenters. The molecule has 1 aromatic rings. The number of nitrogens with zero attached hydrogens (tertiary/aromatic N) is 3. The van der Waals surface area contributed by atoms with Gasteiger partial charge in [0.25, 0.3) is 0 Å². The maximum absolute atomic E-state index is 12.5. The van der Waals surface area contributed by atoms with E-state index in [9.17, 15) is 8.42 Å². The molecule has 6 nitrogen and oxygen atoms in total. The van der Waals surface area contributed by atoms with Gasteiger partial charge in [-0.3, -0.25) is 4.68 Å². The van der Waals surface area contributed by atoms with Crippen LogP contribution >= 0.6 is 0 Å². The quantitative estimate of drug-likeness (QED) is 0.824. The molecular weight excluding hydrogens is 288 g/mol. The molecule has 0 spiro atoms. The predicted molar refractivity (Wildman–Crippen MR) is 82.5 cm³/mol. The molecule has 2 rings (SSSR count). The topological polar surface area (TPSA) is 67.2 Å². The molecule has 1 aliphatic heterocycles. The summed E-state index contributed by atoms with van der Waals surface area (Å²) in [5.41, 5.74) is 0. The van der Waals surface area contributed by atoms with Crippen LogP contribution in [0.2, 0.25) is 0 Å². The number of nitrogens with one attached hydrogen (secondary N) is 1. The zero-order valence-corrected chi connectivity index (χ0v) is 13.9. The Morgan fingerprint density at radius 2 is 2.24 bits per heavy atom. The summed E-state index contributed by atoms with van der Waals surface area (Å²) in [7, 11) is -3.37. The Bertz CT molecular complexity index is 553. The normalized spacial score (nSPS) is 20.5. The van der Waals surface area contributed by atoms with Gasteiger partial charge in [0.05, 0.1) is 12.7 Å². The van der Waals surface area contributed by atoms with E-state index in [1.54, 1.807) is 15.2 Å². The highest BCUT2D eigenvalue weighted by atomic mass is 32.2. The van der Waals surface area contributed by atoms with E-state index in [4.69, 9.17) is 0 Å². The third kappa shape index (κ3) is 4.05. The average Bonchev–Trinajstić information content (AvgIpc) is 3.07. The second kappa shape index (κ2) is 6.89. The van der Waals surface area contributed by atoms with Gasteiger partial charge in [0.15, 0.2) is 0 Å². The van der Waals surface area contributed by atoms with Crippen LogP contribution in [0.4, 0.5) is 0 Å². The van der Waals surface area contributed by atoms with Crippen molar-refractivity contribution in [2.24, 2.45) is 5.92 Å². The molecule has 120 valence electrons. The van der Waals surface area contributed by atoms with Crippen LogP contribution < -0.4 is 5.32 Å². The number of aromatic nitrogens is 2. The molecule has 1 unspecified atom stereocenters. The molecule has 1 N–H and O–H groups in total. The zero-order valence-electron chi connectivity index (χ0n) is 13.1. The minimum Gasteiger partial charge on any atom is -0.313 e. The third-order valence-corrected chi connectivity index (χ3v) is 5.78. The van der Waals surface area contributed by atoms with Crippen LogP contribution in [0.1, 0.15) is 33.6 Å². The molecule has 0 bridgehead atoms. The fraction of sp³-hybridized carbons (Fsp3) is 0.786. The summed E-state index contributed by atoms with van der Waals surface area (Å²) in [5.74, 6) is 0.491. The zero-order chi connectivity index (χ0) is 15.5. The van der Waals surface area contributed by atoms with Crippen molar-refractivity contribution in [3.8, 4) is 0 Å². The summed E-state index contributed by atoms with van der Waals surface area (Å²) in [5, 5.41) is 7.45. The SMILES string of the molecule is CCC1CCN(S(=O)(=O)c2cnn(CCNC(C)C)c2)C1. The van der Waals surface area contributed by atoms with E-state index in [2.05, 4.69) is 31.2 Å². The van der Waals surface area contributed by atoms with Gasteiger partial charge in [-0.2, -0.15) is 9.40 Å². The van der Waals surface area contributed by atoms with Gasteiger partial charge in [0.1, 0.15) is 4.90 Å². The molecule has 0 aromatic carbocycles. The second-order valence-electron chi connectivity index (χ2n) is 5.97. The lowest BCUT2D eigenvalue weighted by molar-refractivity contribution is 0.452. The van der Waals surface area contributed by atoms with Crippen LogP contribution in [0.3, 0.4) is 0 Å². The molecule has 0 amide bonds. The van der Waals surface area contributed by atoms with Gasteiger partial charge in [-0.1, -0.05) is 27.2 Å². The fourth-order valence-electron chi connectivity index (χ4n) is 2.57.